The van der Waals surface area contributed by atoms with Gasteiger partial charge in [-0.15, -0.1) is 0 Å². The van der Waals surface area contributed by atoms with Crippen LogP contribution in [0.5, 0.6) is 5.75 Å². The molecule has 1 atom stereocenters. The summed E-state index contributed by atoms with van der Waals surface area (Å²) in [4.78, 5) is 15.3. The predicted octanol–water partition coefficient (Wildman–Crippen LogP) is 0.737. The average Bonchev–Trinajstić information content (AvgIpc) is 2.55. The first-order valence-corrected chi connectivity index (χ1v) is 7.95. The summed E-state index contributed by atoms with van der Waals surface area (Å²) < 4.78 is 10.8. The molecule has 1 unspecified atom stereocenters. The number of aliphatic hydroxyl groups excluding tert-OH is 1. The molecule has 0 aliphatic carbocycles. The van der Waals surface area contributed by atoms with Crippen molar-refractivity contribution in [2.75, 3.05) is 46.4 Å². The van der Waals surface area contributed by atoms with E-state index in [0.717, 1.165) is 37.5 Å². The average molecular weight is 322 g/mol. The van der Waals surface area contributed by atoms with Gasteiger partial charge >= 0.3 is 0 Å². The first-order valence-electron chi connectivity index (χ1n) is 7.95. The Kier molecular flexibility index (Phi) is 6.83. The van der Waals surface area contributed by atoms with Crippen molar-refractivity contribution in [3.05, 3.63) is 29.8 Å². The van der Waals surface area contributed by atoms with Crippen LogP contribution in [0.1, 0.15) is 12.5 Å². The van der Waals surface area contributed by atoms with E-state index in [9.17, 15) is 9.90 Å². The van der Waals surface area contributed by atoms with E-state index < -0.39 is 6.10 Å². The van der Waals surface area contributed by atoms with Gasteiger partial charge in [0.25, 0.3) is 0 Å². The van der Waals surface area contributed by atoms with Gasteiger partial charge in [-0.25, -0.2) is 0 Å². The van der Waals surface area contributed by atoms with E-state index in [4.69, 9.17) is 9.47 Å². The summed E-state index contributed by atoms with van der Waals surface area (Å²) in [6.07, 6.45) is -0.524. The van der Waals surface area contributed by atoms with Crippen molar-refractivity contribution in [2.45, 2.75) is 19.6 Å². The van der Waals surface area contributed by atoms with Crippen molar-refractivity contribution in [1.82, 2.24) is 9.80 Å². The first kappa shape index (κ1) is 17.7. The predicted molar refractivity (Wildman–Crippen MR) is 87.4 cm³/mol. The molecule has 0 radical (unpaired) electrons. The number of ether oxygens (including phenoxy) is 2. The topological polar surface area (TPSA) is 62.2 Å². The van der Waals surface area contributed by atoms with Crippen LogP contribution in [-0.4, -0.2) is 73.4 Å². The Morgan fingerprint density at radius 3 is 2.70 bits per heavy atom. The Labute approximate surface area is 137 Å². The largest absolute Gasteiger partial charge is 0.497 e. The Morgan fingerprint density at radius 1 is 1.30 bits per heavy atom. The summed E-state index contributed by atoms with van der Waals surface area (Å²) in [7, 11) is 1.63. The highest BCUT2D eigenvalue weighted by Gasteiger charge is 2.20. The van der Waals surface area contributed by atoms with E-state index >= 15 is 0 Å². The maximum Gasteiger partial charge on any atom is 0.219 e. The molecule has 0 spiro atoms. The molecule has 0 bridgehead atoms. The third kappa shape index (κ3) is 5.82. The molecule has 1 aromatic rings. The lowest BCUT2D eigenvalue weighted by molar-refractivity contribution is -0.130. The van der Waals surface area contributed by atoms with Crippen LogP contribution >= 0.6 is 0 Å². The second-order valence-corrected chi connectivity index (χ2v) is 5.83. The van der Waals surface area contributed by atoms with Gasteiger partial charge in [-0.2, -0.15) is 0 Å². The highest BCUT2D eigenvalue weighted by atomic mass is 16.5. The molecule has 1 saturated heterocycles. The number of rotatable bonds is 7. The zero-order valence-electron chi connectivity index (χ0n) is 13.9. The molecule has 0 aromatic heterocycles. The van der Waals surface area contributed by atoms with Crippen LogP contribution in [0.4, 0.5) is 0 Å². The zero-order chi connectivity index (χ0) is 16.7. The van der Waals surface area contributed by atoms with Crippen molar-refractivity contribution >= 4 is 5.91 Å². The van der Waals surface area contributed by atoms with Crippen LogP contribution < -0.4 is 4.74 Å². The molecule has 0 saturated carbocycles. The van der Waals surface area contributed by atoms with Crippen LogP contribution in [-0.2, 0) is 16.1 Å². The zero-order valence-corrected chi connectivity index (χ0v) is 13.9. The normalized spacial score (nSPS) is 17.1. The van der Waals surface area contributed by atoms with E-state index in [1.165, 1.54) is 0 Å². The van der Waals surface area contributed by atoms with Crippen LogP contribution in [0.3, 0.4) is 0 Å². The van der Waals surface area contributed by atoms with Gasteiger partial charge in [0.2, 0.25) is 5.91 Å². The molecule has 1 N–H and O–H groups in total. The van der Waals surface area contributed by atoms with Crippen molar-refractivity contribution in [3.63, 3.8) is 0 Å². The monoisotopic (exact) mass is 322 g/mol. The molecule has 1 aromatic carbocycles. The summed E-state index contributed by atoms with van der Waals surface area (Å²) in [5.41, 5.74) is 1.02. The van der Waals surface area contributed by atoms with Crippen LogP contribution in [0.2, 0.25) is 0 Å². The number of carbonyl (C=O) groups is 1. The molecule has 1 aliphatic heterocycles. The smallest absolute Gasteiger partial charge is 0.219 e. The number of β-amino-alcohol motifs (C(OH)–C–C–N with tert-alkyl or cyclic N) is 1. The Hall–Kier alpha value is -1.63. The summed E-state index contributed by atoms with van der Waals surface area (Å²) in [6.45, 7) is 5.97. The number of aliphatic hydroxyl groups is 1. The third-order valence-electron chi connectivity index (χ3n) is 4.00. The maximum atomic E-state index is 11.3. The van der Waals surface area contributed by atoms with Crippen LogP contribution in [0.15, 0.2) is 24.3 Å². The van der Waals surface area contributed by atoms with Gasteiger partial charge in [-0.1, -0.05) is 12.1 Å². The molecule has 1 fully saturated rings. The van der Waals surface area contributed by atoms with Gasteiger partial charge in [0.05, 0.1) is 26.4 Å². The number of nitrogens with zero attached hydrogens (tertiary/aromatic N) is 2. The fourth-order valence-electron chi connectivity index (χ4n) is 2.67. The van der Waals surface area contributed by atoms with Crippen molar-refractivity contribution in [3.8, 4) is 5.75 Å². The second kappa shape index (κ2) is 8.86. The van der Waals surface area contributed by atoms with Crippen molar-refractivity contribution < 1.29 is 19.4 Å². The van der Waals surface area contributed by atoms with E-state index in [1.54, 1.807) is 14.0 Å². The molecule has 6 nitrogen and oxygen atoms in total. The summed E-state index contributed by atoms with van der Waals surface area (Å²) in [6, 6.07) is 7.70. The minimum Gasteiger partial charge on any atom is -0.497 e. The quantitative estimate of drug-likeness (QED) is 0.802. The number of piperazine rings is 1. The van der Waals surface area contributed by atoms with Crippen LogP contribution in [0, 0.1) is 0 Å². The van der Waals surface area contributed by atoms with E-state index in [2.05, 4.69) is 4.90 Å². The molecule has 6 heteroatoms. The number of methoxy groups -OCH3 is 1. The SMILES string of the molecule is COc1cccc(COCC(O)CN2CCN(C(C)=O)CC2)c1. The minimum atomic E-state index is -0.524. The second-order valence-electron chi connectivity index (χ2n) is 5.83. The Bertz CT molecular complexity index is 501. The molecule has 1 heterocycles. The lowest BCUT2D eigenvalue weighted by atomic mass is 10.2. The van der Waals surface area contributed by atoms with Crippen molar-refractivity contribution in [2.24, 2.45) is 0 Å². The number of hydrogen-bond donors (Lipinski definition) is 1. The van der Waals surface area contributed by atoms with Gasteiger partial charge < -0.3 is 19.5 Å². The highest BCUT2D eigenvalue weighted by Crippen LogP contribution is 2.13. The number of amides is 1. The van der Waals surface area contributed by atoms with E-state index in [1.807, 2.05) is 29.2 Å². The Balaban J connectivity index is 1.65. The number of benzene rings is 1. The standard InChI is InChI=1S/C17H26N2O4/c1-14(20)19-8-6-18(7-9-19)11-16(21)13-23-12-15-4-3-5-17(10-15)22-2/h3-5,10,16,21H,6-9,11-13H2,1-2H3. The molecule has 1 aliphatic rings. The fourth-order valence-corrected chi connectivity index (χ4v) is 2.67. The number of hydrogen-bond acceptors (Lipinski definition) is 5. The summed E-state index contributed by atoms with van der Waals surface area (Å²) in [5.74, 6) is 0.918. The van der Waals surface area contributed by atoms with Gasteiger partial charge in [0.15, 0.2) is 0 Å². The fraction of sp³-hybridized carbons (Fsp3) is 0.588. The van der Waals surface area contributed by atoms with E-state index in [0.29, 0.717) is 19.8 Å². The van der Waals surface area contributed by atoms with Crippen molar-refractivity contribution in [1.29, 1.82) is 0 Å². The molecule has 23 heavy (non-hydrogen) atoms. The summed E-state index contributed by atoms with van der Waals surface area (Å²) >= 11 is 0. The van der Waals surface area contributed by atoms with Gasteiger partial charge in [0.1, 0.15) is 5.75 Å². The lowest BCUT2D eigenvalue weighted by Gasteiger charge is -2.35. The first-order chi connectivity index (χ1) is 11.1. The number of carbonyl (C=O) groups excluding carboxylic acids is 1. The maximum absolute atomic E-state index is 11.3. The lowest BCUT2D eigenvalue weighted by Crippen LogP contribution is -2.50. The highest BCUT2D eigenvalue weighted by molar-refractivity contribution is 5.73. The van der Waals surface area contributed by atoms with Gasteiger partial charge in [-0.05, 0) is 17.7 Å². The minimum absolute atomic E-state index is 0.117. The Morgan fingerprint density at radius 2 is 2.04 bits per heavy atom. The molecule has 128 valence electrons. The van der Waals surface area contributed by atoms with Gasteiger partial charge in [0, 0.05) is 39.6 Å². The van der Waals surface area contributed by atoms with Gasteiger partial charge in [-0.3, -0.25) is 9.69 Å². The van der Waals surface area contributed by atoms with E-state index in [-0.39, 0.29) is 5.91 Å². The molecule has 2 rings (SSSR count). The van der Waals surface area contributed by atoms with Crippen LogP contribution in [0.25, 0.3) is 0 Å². The molecule has 1 amide bonds. The molecular weight excluding hydrogens is 296 g/mol. The third-order valence-corrected chi connectivity index (χ3v) is 4.00. The summed E-state index contributed by atoms with van der Waals surface area (Å²) in [5, 5.41) is 10.1. The molecular formula is C17H26N2O4.